The fraction of sp³-hybridized carbons (Fsp3) is 0.414. The number of methoxy groups -OCH3 is 1. The molecule has 13 nitrogen and oxygen atoms in total. The van der Waals surface area contributed by atoms with Gasteiger partial charge in [0.2, 0.25) is 16.9 Å². The van der Waals surface area contributed by atoms with Gasteiger partial charge in [-0.05, 0) is 12.8 Å². The summed E-state index contributed by atoms with van der Waals surface area (Å²) in [7, 11) is 2.46. The Labute approximate surface area is 237 Å². The number of likely N-dealkylation sites (N-methyl/N-ethyl adjacent to an activating group) is 1. The number of aliphatic hydroxyl groups excluding tert-OH is 3. The molecule has 0 fully saturated rings. The lowest BCUT2D eigenvalue weighted by molar-refractivity contribution is -0.0586. The van der Waals surface area contributed by atoms with E-state index in [-0.39, 0.29) is 65.0 Å². The van der Waals surface area contributed by atoms with Crippen molar-refractivity contribution in [3.8, 4) is 34.1 Å². The number of phenolic OH excluding ortho intramolecular Hbond substituents is 3. The van der Waals surface area contributed by atoms with Crippen LogP contribution in [0.4, 0.5) is 0 Å². The largest absolute Gasteiger partial charge is 0.507 e. The molecule has 1 aromatic heterocycles. The molecule has 3 aliphatic rings. The van der Waals surface area contributed by atoms with Crippen molar-refractivity contribution in [1.82, 2.24) is 4.90 Å². The van der Waals surface area contributed by atoms with Crippen LogP contribution in [0.5, 0.6) is 23.0 Å². The summed E-state index contributed by atoms with van der Waals surface area (Å²) in [6.45, 7) is 1.70. The molecule has 0 bridgehead atoms. The first-order valence-electron chi connectivity index (χ1n) is 13.4. The Morgan fingerprint density at radius 3 is 2.24 bits per heavy atom. The highest BCUT2D eigenvalue weighted by molar-refractivity contribution is 6.21. The van der Waals surface area contributed by atoms with Gasteiger partial charge in [-0.3, -0.25) is 14.4 Å². The highest BCUT2D eigenvalue weighted by atomic mass is 16.5. The molecule has 222 valence electrons. The molecule has 1 aliphatic heterocycles. The second kappa shape index (κ2) is 9.16. The molecule has 0 spiro atoms. The number of amides is 1. The number of Topliss-reactive ketones (excluding diaryl/α,β-unsaturated/α-hetero) is 1. The molecule has 2 aromatic carbocycles. The van der Waals surface area contributed by atoms with Crippen LogP contribution >= 0.6 is 0 Å². The van der Waals surface area contributed by atoms with Gasteiger partial charge in [0.15, 0.2) is 11.3 Å². The third-order valence-electron chi connectivity index (χ3n) is 8.75. The van der Waals surface area contributed by atoms with Gasteiger partial charge >= 0.3 is 0 Å². The van der Waals surface area contributed by atoms with E-state index in [4.69, 9.17) is 9.15 Å². The standard InChI is InChI=1S/C29H29NO12/c1-4-7-29(40)27(38)15-16(28(39)30(29)2)21(35)13-9(19(15)33)5-6-10-14(13)22(36)18-23(37)17-20(34)11(31)8-12(32)25(17)42-26(18)24(10)41-3/h11-12,20,31-36,40H,4-8H2,1-3H3. The number of ether oxygens (including phenoxy) is 1. The number of aromatic hydroxyl groups is 3. The van der Waals surface area contributed by atoms with Gasteiger partial charge in [0.05, 0.1) is 29.9 Å². The average molecular weight is 584 g/mol. The Bertz CT molecular complexity index is 1790. The van der Waals surface area contributed by atoms with Crippen LogP contribution in [0.25, 0.3) is 22.1 Å². The number of hydrogen-bond donors (Lipinski definition) is 7. The van der Waals surface area contributed by atoms with Crippen LogP contribution in [0.2, 0.25) is 0 Å². The highest BCUT2D eigenvalue weighted by Gasteiger charge is 2.52. The van der Waals surface area contributed by atoms with E-state index in [0.717, 1.165) is 4.90 Å². The summed E-state index contributed by atoms with van der Waals surface area (Å²) in [6.07, 6.45) is -4.71. The molecule has 6 rings (SSSR count). The second-order valence-electron chi connectivity index (χ2n) is 11.0. The third-order valence-corrected chi connectivity index (χ3v) is 8.75. The van der Waals surface area contributed by atoms with Crippen LogP contribution in [-0.2, 0) is 12.8 Å². The quantitative estimate of drug-likeness (QED) is 0.217. The molecule has 42 heavy (non-hydrogen) atoms. The van der Waals surface area contributed by atoms with Gasteiger partial charge in [-0.15, -0.1) is 0 Å². The lowest BCUT2D eigenvalue weighted by Crippen LogP contribution is -2.58. The van der Waals surface area contributed by atoms with E-state index in [9.17, 15) is 50.1 Å². The average Bonchev–Trinajstić information content (AvgIpc) is 2.95. The Hall–Kier alpha value is -4.17. The fourth-order valence-electron chi connectivity index (χ4n) is 6.65. The maximum Gasteiger partial charge on any atom is 0.260 e. The first kappa shape index (κ1) is 28.0. The number of carbonyl (C=O) groups excluding carboxylic acids is 2. The Morgan fingerprint density at radius 1 is 0.952 bits per heavy atom. The van der Waals surface area contributed by atoms with Crippen molar-refractivity contribution in [2.45, 2.75) is 63.1 Å². The van der Waals surface area contributed by atoms with Gasteiger partial charge in [0, 0.05) is 42.1 Å². The van der Waals surface area contributed by atoms with Gasteiger partial charge in [0.1, 0.15) is 40.6 Å². The van der Waals surface area contributed by atoms with Crippen molar-refractivity contribution in [2.24, 2.45) is 0 Å². The molecule has 2 aliphatic carbocycles. The Kier molecular flexibility index (Phi) is 6.10. The molecular formula is C29H29NO12. The monoisotopic (exact) mass is 583 g/mol. The first-order chi connectivity index (χ1) is 19.8. The van der Waals surface area contributed by atoms with E-state index in [1.165, 1.54) is 14.2 Å². The van der Waals surface area contributed by atoms with E-state index < -0.39 is 80.5 Å². The zero-order valence-corrected chi connectivity index (χ0v) is 22.9. The van der Waals surface area contributed by atoms with Crippen LogP contribution < -0.4 is 10.2 Å². The molecule has 0 saturated heterocycles. The van der Waals surface area contributed by atoms with Crippen LogP contribution in [0.1, 0.15) is 81.6 Å². The fourth-order valence-corrected chi connectivity index (χ4v) is 6.65. The lowest BCUT2D eigenvalue weighted by Gasteiger charge is -2.41. The molecule has 13 heteroatoms. The van der Waals surface area contributed by atoms with Crippen LogP contribution in [0.3, 0.4) is 0 Å². The number of ketones is 1. The molecule has 4 atom stereocenters. The summed E-state index contributed by atoms with van der Waals surface area (Å²) < 4.78 is 11.4. The summed E-state index contributed by atoms with van der Waals surface area (Å²) >= 11 is 0. The molecule has 7 N–H and O–H groups in total. The van der Waals surface area contributed by atoms with Crippen molar-refractivity contribution < 1.29 is 54.5 Å². The van der Waals surface area contributed by atoms with Gasteiger partial charge in [-0.2, -0.15) is 0 Å². The normalized spacial score (nSPS) is 24.7. The van der Waals surface area contributed by atoms with Crippen LogP contribution in [-0.4, -0.2) is 78.3 Å². The van der Waals surface area contributed by atoms with Crippen molar-refractivity contribution in [2.75, 3.05) is 14.2 Å². The number of nitrogens with zero attached hydrogens (tertiary/aromatic N) is 1. The minimum Gasteiger partial charge on any atom is -0.507 e. The Balaban J connectivity index is 1.72. The smallest absolute Gasteiger partial charge is 0.260 e. The summed E-state index contributed by atoms with van der Waals surface area (Å²) in [5.41, 5.74) is -5.22. The maximum atomic E-state index is 13.7. The first-order valence-corrected chi connectivity index (χ1v) is 13.4. The Morgan fingerprint density at radius 2 is 1.60 bits per heavy atom. The minimum atomic E-state index is -2.25. The van der Waals surface area contributed by atoms with E-state index in [1.54, 1.807) is 6.92 Å². The van der Waals surface area contributed by atoms with Gasteiger partial charge in [0.25, 0.3) is 5.91 Å². The number of carbonyl (C=O) groups is 2. The highest BCUT2D eigenvalue weighted by Crippen LogP contribution is 2.56. The number of hydrogen-bond acceptors (Lipinski definition) is 12. The zero-order chi connectivity index (χ0) is 30.6. The molecule has 2 heterocycles. The second-order valence-corrected chi connectivity index (χ2v) is 11.0. The number of benzene rings is 2. The molecule has 4 unspecified atom stereocenters. The van der Waals surface area contributed by atoms with E-state index in [2.05, 4.69) is 0 Å². The molecule has 3 aromatic rings. The summed E-state index contributed by atoms with van der Waals surface area (Å²) in [5, 5.41) is 76.4. The molecule has 0 radical (unpaired) electrons. The van der Waals surface area contributed by atoms with Gasteiger partial charge < -0.3 is 49.8 Å². The lowest BCUT2D eigenvalue weighted by atomic mass is 9.76. The van der Waals surface area contributed by atoms with E-state index in [1.807, 2.05) is 0 Å². The van der Waals surface area contributed by atoms with Crippen molar-refractivity contribution in [3.05, 3.63) is 43.8 Å². The zero-order valence-electron chi connectivity index (χ0n) is 22.9. The summed E-state index contributed by atoms with van der Waals surface area (Å²) in [5.74, 6) is -4.39. The molecule has 0 saturated carbocycles. The van der Waals surface area contributed by atoms with Crippen LogP contribution in [0.15, 0.2) is 9.21 Å². The van der Waals surface area contributed by atoms with Crippen molar-refractivity contribution >= 4 is 22.7 Å². The van der Waals surface area contributed by atoms with Crippen molar-refractivity contribution in [3.63, 3.8) is 0 Å². The van der Waals surface area contributed by atoms with Gasteiger partial charge in [-0.1, -0.05) is 13.3 Å². The minimum absolute atomic E-state index is 0.00627. The van der Waals surface area contributed by atoms with Gasteiger partial charge in [-0.25, -0.2) is 0 Å². The van der Waals surface area contributed by atoms with E-state index in [0.29, 0.717) is 6.42 Å². The predicted octanol–water partition coefficient (Wildman–Crippen LogP) is 1.27. The number of fused-ring (bicyclic) bond motifs is 6. The maximum absolute atomic E-state index is 13.7. The SMILES string of the molecule is CCCC1(O)C(=O)c2c(O)c3c(c(O)c2C(=O)N1C)-c1c(c(OC)c2oc4c(c(=O)c2c1O)C(O)C(O)CC4O)CC3. The van der Waals surface area contributed by atoms with Crippen molar-refractivity contribution in [1.29, 1.82) is 0 Å². The number of rotatable bonds is 3. The molecular weight excluding hydrogens is 554 g/mol. The van der Waals surface area contributed by atoms with Crippen LogP contribution in [0, 0.1) is 0 Å². The summed E-state index contributed by atoms with van der Waals surface area (Å²) in [4.78, 5) is 41.5. The number of aliphatic hydroxyl groups is 4. The molecule has 1 amide bonds. The third kappa shape index (κ3) is 3.30. The number of phenols is 3. The van der Waals surface area contributed by atoms with E-state index >= 15 is 0 Å². The topological polar surface area (TPSA) is 218 Å². The predicted molar refractivity (Wildman–Crippen MR) is 144 cm³/mol. The summed E-state index contributed by atoms with van der Waals surface area (Å²) in [6, 6.07) is 0.